The number of hydrogen-bond donors (Lipinski definition) is 1. The molecule has 6 nitrogen and oxygen atoms in total. The molecule has 168 valence electrons. The third-order valence-electron chi connectivity index (χ3n) is 8.20. The lowest BCUT2D eigenvalue weighted by molar-refractivity contribution is -0.135. The Bertz CT molecular complexity index is 796. The number of benzene rings is 1. The molecule has 0 radical (unpaired) electrons. The van der Waals surface area contributed by atoms with Crippen LogP contribution in [-0.2, 0) is 9.59 Å². The van der Waals surface area contributed by atoms with Crippen LogP contribution < -0.4 is 15.0 Å². The van der Waals surface area contributed by atoms with Crippen molar-refractivity contribution in [1.29, 1.82) is 0 Å². The van der Waals surface area contributed by atoms with Gasteiger partial charge in [0, 0.05) is 32.6 Å². The molecule has 4 bridgehead atoms. The first-order chi connectivity index (χ1) is 15.0. The fourth-order valence-corrected chi connectivity index (χ4v) is 7.28. The number of ether oxygens (including phenoxy) is 1. The molecule has 0 atom stereocenters. The van der Waals surface area contributed by atoms with Gasteiger partial charge in [0.15, 0.2) is 0 Å². The van der Waals surface area contributed by atoms with Crippen molar-refractivity contribution >= 4 is 17.5 Å². The average Bonchev–Trinajstić information content (AvgIpc) is 2.76. The Hall–Kier alpha value is -2.24. The summed E-state index contributed by atoms with van der Waals surface area (Å²) in [5.41, 5.74) is 1.29. The number of piperazine rings is 1. The van der Waals surface area contributed by atoms with Gasteiger partial charge < -0.3 is 19.9 Å². The van der Waals surface area contributed by atoms with Gasteiger partial charge in [0.2, 0.25) is 11.8 Å². The Morgan fingerprint density at radius 3 is 2.23 bits per heavy atom. The van der Waals surface area contributed by atoms with Crippen molar-refractivity contribution in [1.82, 2.24) is 10.2 Å². The van der Waals surface area contributed by atoms with E-state index in [0.29, 0.717) is 19.5 Å². The highest BCUT2D eigenvalue weighted by atomic mass is 16.5. The molecule has 6 rings (SSSR count). The molecule has 1 heterocycles. The molecule has 0 aromatic heterocycles. The first-order valence-electron chi connectivity index (χ1n) is 12.0. The predicted molar refractivity (Wildman–Crippen MR) is 120 cm³/mol. The molecule has 1 N–H and O–H groups in total. The number of anilines is 1. The third-order valence-corrected chi connectivity index (χ3v) is 8.20. The molecule has 5 aliphatic rings. The molecule has 31 heavy (non-hydrogen) atoms. The van der Waals surface area contributed by atoms with Gasteiger partial charge in [0.05, 0.1) is 19.3 Å². The van der Waals surface area contributed by atoms with E-state index >= 15 is 0 Å². The van der Waals surface area contributed by atoms with Gasteiger partial charge in [-0.2, -0.15) is 0 Å². The molecular formula is C25H35N3O3. The maximum Gasteiger partial charge on any atom is 0.242 e. The van der Waals surface area contributed by atoms with Crippen LogP contribution in [0.3, 0.4) is 0 Å². The van der Waals surface area contributed by atoms with Crippen LogP contribution in [0.15, 0.2) is 24.3 Å². The summed E-state index contributed by atoms with van der Waals surface area (Å²) in [6, 6.07) is 8.00. The number of rotatable bonds is 6. The summed E-state index contributed by atoms with van der Waals surface area (Å²) in [5.74, 6) is 3.50. The van der Waals surface area contributed by atoms with Crippen LogP contribution in [0.25, 0.3) is 0 Å². The first-order valence-corrected chi connectivity index (χ1v) is 12.0. The number of carbonyl (C=O) groups is 2. The fourth-order valence-electron chi connectivity index (χ4n) is 7.28. The van der Waals surface area contributed by atoms with Crippen molar-refractivity contribution in [3.63, 3.8) is 0 Å². The minimum absolute atomic E-state index is 0.0264. The molecule has 1 aliphatic heterocycles. The number of hydrogen-bond acceptors (Lipinski definition) is 4. The van der Waals surface area contributed by atoms with Crippen LogP contribution in [0.2, 0.25) is 0 Å². The Balaban J connectivity index is 1.09. The summed E-state index contributed by atoms with van der Waals surface area (Å²) in [6.07, 6.45) is 8.47. The van der Waals surface area contributed by atoms with Crippen LogP contribution in [0.1, 0.15) is 44.9 Å². The number of carbonyl (C=O) groups excluding carboxylic acids is 2. The smallest absolute Gasteiger partial charge is 0.242 e. The van der Waals surface area contributed by atoms with E-state index in [1.807, 2.05) is 23.1 Å². The van der Waals surface area contributed by atoms with Gasteiger partial charge in [-0.15, -0.1) is 0 Å². The molecule has 5 fully saturated rings. The lowest BCUT2D eigenvalue weighted by Crippen LogP contribution is -2.52. The monoisotopic (exact) mass is 425 g/mol. The molecule has 1 saturated heterocycles. The number of methoxy groups -OCH3 is 1. The molecule has 1 aromatic carbocycles. The largest absolute Gasteiger partial charge is 0.495 e. The Morgan fingerprint density at radius 1 is 1.00 bits per heavy atom. The third kappa shape index (κ3) is 4.26. The highest BCUT2D eigenvalue weighted by molar-refractivity contribution is 5.85. The summed E-state index contributed by atoms with van der Waals surface area (Å²) in [6.45, 7) is 3.00. The SMILES string of the molecule is COc1ccccc1N1CCN(C(=O)CNC(=O)CC23CC4CC(CC(C4)C2)C3)CC1. The molecule has 0 spiro atoms. The van der Waals surface area contributed by atoms with Crippen LogP contribution in [0.5, 0.6) is 5.75 Å². The summed E-state index contributed by atoms with van der Waals surface area (Å²) < 4.78 is 5.47. The zero-order valence-corrected chi connectivity index (χ0v) is 18.6. The zero-order chi connectivity index (χ0) is 21.4. The van der Waals surface area contributed by atoms with Gasteiger partial charge in [-0.3, -0.25) is 9.59 Å². The van der Waals surface area contributed by atoms with E-state index in [9.17, 15) is 9.59 Å². The van der Waals surface area contributed by atoms with Crippen LogP contribution in [0, 0.1) is 23.2 Å². The maximum atomic E-state index is 12.7. The van der Waals surface area contributed by atoms with Crippen molar-refractivity contribution in [2.45, 2.75) is 44.9 Å². The summed E-state index contributed by atoms with van der Waals surface area (Å²) in [5, 5.41) is 2.95. The first kappa shape index (κ1) is 20.7. The van der Waals surface area contributed by atoms with Gasteiger partial charge >= 0.3 is 0 Å². The summed E-state index contributed by atoms with van der Waals surface area (Å²) in [4.78, 5) is 29.5. The minimum atomic E-state index is 0.0264. The Labute approximate surface area is 185 Å². The van der Waals surface area contributed by atoms with E-state index in [2.05, 4.69) is 16.3 Å². The standard InChI is InChI=1S/C25H35N3O3/c1-31-22-5-3-2-4-21(22)27-6-8-28(9-7-27)24(30)17-26-23(29)16-25-13-18-10-19(14-25)12-20(11-18)15-25/h2-5,18-20H,6-17H2,1H3,(H,26,29). The lowest BCUT2D eigenvalue weighted by Gasteiger charge is -2.56. The number of para-hydroxylation sites is 2. The van der Waals surface area contributed by atoms with Gasteiger partial charge in [0.25, 0.3) is 0 Å². The fraction of sp³-hybridized carbons (Fsp3) is 0.680. The van der Waals surface area contributed by atoms with E-state index < -0.39 is 0 Å². The number of nitrogens with zero attached hydrogens (tertiary/aromatic N) is 2. The lowest BCUT2D eigenvalue weighted by atomic mass is 9.49. The zero-order valence-electron chi connectivity index (χ0n) is 18.6. The number of amides is 2. The molecule has 2 amide bonds. The second-order valence-electron chi connectivity index (χ2n) is 10.4. The molecule has 0 unspecified atom stereocenters. The normalized spacial score (nSPS) is 31.6. The molecule has 6 heteroatoms. The van der Waals surface area contributed by atoms with Crippen molar-refractivity contribution in [3.05, 3.63) is 24.3 Å². The number of nitrogens with one attached hydrogen (secondary N) is 1. The van der Waals surface area contributed by atoms with Crippen molar-refractivity contribution in [2.24, 2.45) is 23.2 Å². The molecular weight excluding hydrogens is 390 g/mol. The van der Waals surface area contributed by atoms with Gasteiger partial charge in [-0.25, -0.2) is 0 Å². The molecule has 4 saturated carbocycles. The van der Waals surface area contributed by atoms with Crippen molar-refractivity contribution in [2.75, 3.05) is 44.7 Å². The highest BCUT2D eigenvalue weighted by Crippen LogP contribution is 2.61. The quantitative estimate of drug-likeness (QED) is 0.761. The van der Waals surface area contributed by atoms with E-state index in [4.69, 9.17) is 4.74 Å². The van der Waals surface area contributed by atoms with E-state index in [0.717, 1.165) is 42.3 Å². The second kappa shape index (κ2) is 8.36. The molecule has 4 aliphatic carbocycles. The Morgan fingerprint density at radius 2 is 1.61 bits per heavy atom. The Kier molecular flexibility index (Phi) is 5.57. The maximum absolute atomic E-state index is 12.7. The molecule has 1 aromatic rings. The van der Waals surface area contributed by atoms with E-state index in [-0.39, 0.29) is 23.8 Å². The summed E-state index contributed by atoms with van der Waals surface area (Å²) >= 11 is 0. The average molecular weight is 426 g/mol. The van der Waals surface area contributed by atoms with E-state index in [1.54, 1.807) is 7.11 Å². The predicted octanol–water partition coefficient (Wildman–Crippen LogP) is 3.07. The minimum Gasteiger partial charge on any atom is -0.495 e. The van der Waals surface area contributed by atoms with Crippen LogP contribution in [0.4, 0.5) is 5.69 Å². The van der Waals surface area contributed by atoms with Gasteiger partial charge in [0.1, 0.15) is 5.75 Å². The van der Waals surface area contributed by atoms with Crippen molar-refractivity contribution in [3.8, 4) is 5.75 Å². The topological polar surface area (TPSA) is 61.9 Å². The second-order valence-corrected chi connectivity index (χ2v) is 10.4. The van der Waals surface area contributed by atoms with Gasteiger partial charge in [-0.1, -0.05) is 12.1 Å². The summed E-state index contributed by atoms with van der Waals surface area (Å²) in [7, 11) is 1.69. The van der Waals surface area contributed by atoms with Gasteiger partial charge in [-0.05, 0) is 73.8 Å². The van der Waals surface area contributed by atoms with Crippen molar-refractivity contribution < 1.29 is 14.3 Å². The van der Waals surface area contributed by atoms with Crippen LogP contribution >= 0.6 is 0 Å². The van der Waals surface area contributed by atoms with E-state index in [1.165, 1.54) is 38.5 Å². The highest BCUT2D eigenvalue weighted by Gasteiger charge is 2.51. The van der Waals surface area contributed by atoms with Crippen LogP contribution in [-0.4, -0.2) is 56.5 Å².